The van der Waals surface area contributed by atoms with E-state index < -0.39 is 0 Å². The third-order valence-corrected chi connectivity index (χ3v) is 2.71. The third kappa shape index (κ3) is 2.89. The zero-order chi connectivity index (χ0) is 13.1. The van der Waals surface area contributed by atoms with E-state index in [4.69, 9.17) is 32.7 Å². The standard InChI is InChI=1S/C12H11Cl2NO3/c1-7(13)6-15-12(16)8-4-9(14)11-10(5-8)17-2-3-18-11/h4-5H,1-3,6H2,(H,15,16). The zero-order valence-electron chi connectivity index (χ0n) is 9.46. The maximum atomic E-state index is 11.8. The number of fused-ring (bicyclic) bond motifs is 1. The quantitative estimate of drug-likeness (QED) is 0.930. The Morgan fingerprint density at radius 1 is 1.39 bits per heavy atom. The van der Waals surface area contributed by atoms with Gasteiger partial charge in [-0.05, 0) is 12.1 Å². The minimum Gasteiger partial charge on any atom is -0.486 e. The van der Waals surface area contributed by atoms with E-state index in [0.29, 0.717) is 40.3 Å². The van der Waals surface area contributed by atoms with Gasteiger partial charge in [-0.3, -0.25) is 4.79 Å². The highest BCUT2D eigenvalue weighted by atomic mass is 35.5. The van der Waals surface area contributed by atoms with E-state index in [1.165, 1.54) is 6.07 Å². The van der Waals surface area contributed by atoms with Crippen LogP contribution in [0.15, 0.2) is 23.7 Å². The molecule has 1 heterocycles. The molecule has 1 aromatic rings. The highest BCUT2D eigenvalue weighted by Gasteiger charge is 2.19. The van der Waals surface area contributed by atoms with E-state index in [1.54, 1.807) is 6.07 Å². The Hall–Kier alpha value is -1.39. The maximum Gasteiger partial charge on any atom is 0.251 e. The van der Waals surface area contributed by atoms with Gasteiger partial charge in [0.1, 0.15) is 13.2 Å². The van der Waals surface area contributed by atoms with Crippen LogP contribution in [-0.2, 0) is 0 Å². The molecule has 1 amide bonds. The number of halogens is 2. The van der Waals surface area contributed by atoms with Gasteiger partial charge in [0.25, 0.3) is 5.91 Å². The van der Waals surface area contributed by atoms with Gasteiger partial charge in [0.15, 0.2) is 11.5 Å². The van der Waals surface area contributed by atoms with Crippen LogP contribution in [0.25, 0.3) is 0 Å². The van der Waals surface area contributed by atoms with Crippen LogP contribution in [0.4, 0.5) is 0 Å². The van der Waals surface area contributed by atoms with Gasteiger partial charge < -0.3 is 14.8 Å². The molecular formula is C12H11Cl2NO3. The minimum atomic E-state index is -0.296. The molecule has 96 valence electrons. The Morgan fingerprint density at radius 3 is 2.83 bits per heavy atom. The third-order valence-electron chi connectivity index (χ3n) is 2.30. The van der Waals surface area contributed by atoms with Crippen LogP contribution >= 0.6 is 23.2 Å². The van der Waals surface area contributed by atoms with E-state index in [-0.39, 0.29) is 12.5 Å². The molecule has 0 bridgehead atoms. The second-order valence-corrected chi connectivity index (χ2v) is 4.62. The Balaban J connectivity index is 2.21. The molecular weight excluding hydrogens is 277 g/mol. The summed E-state index contributed by atoms with van der Waals surface area (Å²) in [5, 5.41) is 3.31. The Morgan fingerprint density at radius 2 is 2.11 bits per heavy atom. The summed E-state index contributed by atoms with van der Waals surface area (Å²) in [5.74, 6) is 0.653. The Bertz CT molecular complexity index is 502. The molecule has 1 N–H and O–H groups in total. The lowest BCUT2D eigenvalue weighted by molar-refractivity contribution is 0.0956. The summed E-state index contributed by atoms with van der Waals surface area (Å²) in [6, 6.07) is 3.12. The van der Waals surface area contributed by atoms with Crippen molar-refractivity contribution in [3.63, 3.8) is 0 Å². The molecule has 1 aliphatic rings. The average molecular weight is 288 g/mol. The molecule has 1 aromatic carbocycles. The van der Waals surface area contributed by atoms with Crippen LogP contribution in [-0.4, -0.2) is 25.7 Å². The molecule has 0 saturated carbocycles. The molecule has 0 spiro atoms. The van der Waals surface area contributed by atoms with Crippen LogP contribution in [0.3, 0.4) is 0 Å². The lowest BCUT2D eigenvalue weighted by Gasteiger charge is -2.20. The lowest BCUT2D eigenvalue weighted by Crippen LogP contribution is -2.25. The number of carbonyl (C=O) groups excluding carboxylic acids is 1. The Labute approximate surface area is 114 Å². The molecule has 0 atom stereocenters. The van der Waals surface area contributed by atoms with Crippen molar-refractivity contribution >= 4 is 29.1 Å². The molecule has 0 saturated heterocycles. The molecule has 0 aliphatic carbocycles. The molecule has 0 radical (unpaired) electrons. The van der Waals surface area contributed by atoms with Crippen molar-refractivity contribution in [3.8, 4) is 11.5 Å². The van der Waals surface area contributed by atoms with Gasteiger partial charge in [0, 0.05) is 10.6 Å². The van der Waals surface area contributed by atoms with Crippen molar-refractivity contribution in [1.82, 2.24) is 5.32 Å². The van der Waals surface area contributed by atoms with Crippen molar-refractivity contribution in [2.75, 3.05) is 19.8 Å². The van der Waals surface area contributed by atoms with E-state index in [9.17, 15) is 4.79 Å². The number of amides is 1. The van der Waals surface area contributed by atoms with Gasteiger partial charge in [-0.2, -0.15) is 0 Å². The van der Waals surface area contributed by atoms with Gasteiger partial charge in [-0.15, -0.1) is 0 Å². The number of ether oxygens (including phenoxy) is 2. The minimum absolute atomic E-state index is 0.201. The number of hydrogen-bond donors (Lipinski definition) is 1. The summed E-state index contributed by atoms with van der Waals surface area (Å²) in [4.78, 5) is 11.8. The molecule has 4 nitrogen and oxygen atoms in total. The summed E-state index contributed by atoms with van der Waals surface area (Å²) in [5.41, 5.74) is 0.391. The molecule has 0 unspecified atom stereocenters. The molecule has 18 heavy (non-hydrogen) atoms. The molecule has 6 heteroatoms. The van der Waals surface area contributed by atoms with E-state index >= 15 is 0 Å². The maximum absolute atomic E-state index is 11.8. The van der Waals surface area contributed by atoms with Gasteiger partial charge in [-0.1, -0.05) is 29.8 Å². The number of hydrogen-bond acceptors (Lipinski definition) is 3. The van der Waals surface area contributed by atoms with E-state index in [2.05, 4.69) is 11.9 Å². The van der Waals surface area contributed by atoms with E-state index in [0.717, 1.165) is 0 Å². The first-order valence-corrected chi connectivity index (χ1v) is 6.04. The fraction of sp³-hybridized carbons (Fsp3) is 0.250. The summed E-state index contributed by atoms with van der Waals surface area (Å²) in [7, 11) is 0. The molecule has 0 fully saturated rings. The predicted octanol–water partition coefficient (Wildman–Crippen LogP) is 2.59. The zero-order valence-corrected chi connectivity index (χ0v) is 11.0. The highest BCUT2D eigenvalue weighted by molar-refractivity contribution is 6.32. The molecule has 2 rings (SSSR count). The lowest BCUT2D eigenvalue weighted by atomic mass is 10.2. The first-order chi connectivity index (χ1) is 8.58. The highest BCUT2D eigenvalue weighted by Crippen LogP contribution is 2.38. The fourth-order valence-corrected chi connectivity index (χ4v) is 1.85. The topological polar surface area (TPSA) is 47.6 Å². The van der Waals surface area contributed by atoms with Crippen molar-refractivity contribution in [3.05, 3.63) is 34.3 Å². The number of benzene rings is 1. The van der Waals surface area contributed by atoms with Crippen LogP contribution < -0.4 is 14.8 Å². The summed E-state index contributed by atoms with van der Waals surface area (Å²) in [6.45, 7) is 4.58. The molecule has 0 aromatic heterocycles. The average Bonchev–Trinajstić information content (AvgIpc) is 2.36. The van der Waals surface area contributed by atoms with Gasteiger partial charge in [0.05, 0.1) is 11.6 Å². The number of rotatable bonds is 3. The normalized spacial score (nSPS) is 13.0. The van der Waals surface area contributed by atoms with Crippen LogP contribution in [0, 0.1) is 0 Å². The second kappa shape index (κ2) is 5.50. The van der Waals surface area contributed by atoms with Crippen molar-refractivity contribution < 1.29 is 14.3 Å². The van der Waals surface area contributed by atoms with Crippen LogP contribution in [0.1, 0.15) is 10.4 Å². The summed E-state index contributed by atoms with van der Waals surface area (Å²) >= 11 is 11.6. The summed E-state index contributed by atoms with van der Waals surface area (Å²) in [6.07, 6.45) is 0. The number of carbonyl (C=O) groups is 1. The van der Waals surface area contributed by atoms with Gasteiger partial charge in [-0.25, -0.2) is 0 Å². The largest absolute Gasteiger partial charge is 0.486 e. The summed E-state index contributed by atoms with van der Waals surface area (Å²) < 4.78 is 10.8. The SMILES string of the molecule is C=C(Cl)CNC(=O)c1cc(Cl)c2c(c1)OCCO2. The smallest absolute Gasteiger partial charge is 0.251 e. The molecule has 1 aliphatic heterocycles. The van der Waals surface area contributed by atoms with Crippen molar-refractivity contribution in [2.45, 2.75) is 0 Å². The number of nitrogens with one attached hydrogen (secondary N) is 1. The first kappa shape index (κ1) is 13.1. The Kier molecular flexibility index (Phi) is 3.99. The van der Waals surface area contributed by atoms with Crippen molar-refractivity contribution in [1.29, 1.82) is 0 Å². The van der Waals surface area contributed by atoms with Crippen LogP contribution in [0.5, 0.6) is 11.5 Å². The van der Waals surface area contributed by atoms with Gasteiger partial charge in [0.2, 0.25) is 0 Å². The fourth-order valence-electron chi connectivity index (χ4n) is 1.52. The predicted molar refractivity (Wildman–Crippen MR) is 69.8 cm³/mol. The first-order valence-electron chi connectivity index (χ1n) is 5.28. The van der Waals surface area contributed by atoms with Crippen molar-refractivity contribution in [2.24, 2.45) is 0 Å². The second-order valence-electron chi connectivity index (χ2n) is 3.68. The van der Waals surface area contributed by atoms with Gasteiger partial charge >= 0.3 is 0 Å². The monoisotopic (exact) mass is 287 g/mol. The van der Waals surface area contributed by atoms with E-state index in [1.807, 2.05) is 0 Å². The van der Waals surface area contributed by atoms with Crippen LogP contribution in [0.2, 0.25) is 5.02 Å².